The molecular weight excluding hydrogens is 368 g/mol. The van der Waals surface area contributed by atoms with Crippen LogP contribution in [0.15, 0.2) is 41.4 Å². The Morgan fingerprint density at radius 3 is 2.68 bits per heavy atom. The van der Waals surface area contributed by atoms with E-state index in [0.29, 0.717) is 0 Å². The van der Waals surface area contributed by atoms with Crippen LogP contribution in [0.1, 0.15) is 29.9 Å². The predicted octanol–water partition coefficient (Wildman–Crippen LogP) is 6.64. The van der Waals surface area contributed by atoms with Crippen LogP contribution in [-0.4, -0.2) is 0 Å². The summed E-state index contributed by atoms with van der Waals surface area (Å²) in [6.45, 7) is 8.61. The van der Waals surface area contributed by atoms with Crippen LogP contribution in [0, 0.1) is 13.8 Å². The van der Waals surface area contributed by atoms with Crippen LogP contribution in [0.4, 0.5) is 11.4 Å². The normalized spacial score (nSPS) is 15.5. The van der Waals surface area contributed by atoms with E-state index in [-0.39, 0.29) is 5.54 Å². The maximum Gasteiger partial charge on any atom is 0.135 e. The van der Waals surface area contributed by atoms with Gasteiger partial charge in [-0.25, -0.2) is 4.99 Å². The summed E-state index contributed by atoms with van der Waals surface area (Å²) >= 11 is 6.28. The van der Waals surface area contributed by atoms with E-state index >= 15 is 0 Å². The van der Waals surface area contributed by atoms with Crippen molar-refractivity contribution in [3.8, 4) is 11.1 Å². The molecule has 0 atom stereocenters. The second-order valence-electron chi connectivity index (χ2n) is 6.97. The topological polar surface area (TPSA) is 24.4 Å². The van der Waals surface area contributed by atoms with Gasteiger partial charge in [-0.05, 0) is 57.0 Å². The molecule has 4 rings (SSSR count). The Kier molecular flexibility index (Phi) is 4.02. The number of anilines is 1. The van der Waals surface area contributed by atoms with Gasteiger partial charge in [0.05, 0.1) is 16.1 Å². The van der Waals surface area contributed by atoms with Gasteiger partial charge in [-0.2, -0.15) is 0 Å². The van der Waals surface area contributed by atoms with Gasteiger partial charge in [-0.3, -0.25) is 0 Å². The van der Waals surface area contributed by atoms with Crippen LogP contribution in [0.5, 0.6) is 0 Å². The molecule has 1 N–H and O–H groups in total. The minimum atomic E-state index is -0.103. The van der Waals surface area contributed by atoms with Crippen molar-refractivity contribution in [1.82, 2.24) is 0 Å². The van der Waals surface area contributed by atoms with Gasteiger partial charge in [-0.15, -0.1) is 0 Å². The average Bonchev–Trinajstić information content (AvgIpc) is 2.96. The Labute approximate surface area is 160 Å². The van der Waals surface area contributed by atoms with Crippen molar-refractivity contribution < 1.29 is 0 Å². The highest BCUT2D eigenvalue weighted by molar-refractivity contribution is 7.68. The van der Waals surface area contributed by atoms with E-state index in [1.54, 1.807) is 10.3 Å². The van der Waals surface area contributed by atoms with Gasteiger partial charge in [0.15, 0.2) is 0 Å². The highest BCUT2D eigenvalue weighted by Gasteiger charge is 2.33. The van der Waals surface area contributed by atoms with Crippen molar-refractivity contribution >= 4 is 43.7 Å². The van der Waals surface area contributed by atoms with E-state index in [4.69, 9.17) is 16.6 Å². The third-order valence-corrected chi connectivity index (χ3v) is 7.62. The Balaban J connectivity index is 2.00. The number of nitrogens with one attached hydrogen (secondary N) is 1. The number of fused-ring (bicyclic) bond motifs is 3. The minimum Gasteiger partial charge on any atom is -0.375 e. The molecule has 0 spiro atoms. The van der Waals surface area contributed by atoms with Crippen LogP contribution in [0.2, 0.25) is 5.02 Å². The number of benzene rings is 2. The first-order valence-electron chi connectivity index (χ1n) is 8.19. The van der Waals surface area contributed by atoms with Crippen molar-refractivity contribution in [2.24, 2.45) is 4.99 Å². The summed E-state index contributed by atoms with van der Waals surface area (Å²) in [5.41, 5.74) is 6.79. The molecule has 2 nitrogen and oxygen atoms in total. The van der Waals surface area contributed by atoms with Crippen LogP contribution < -0.4 is 9.99 Å². The molecule has 0 radical (unpaired) electrons. The molecule has 2 aromatic carbocycles. The van der Waals surface area contributed by atoms with Crippen molar-refractivity contribution in [2.75, 3.05) is 5.32 Å². The molecule has 2 heterocycles. The summed E-state index contributed by atoms with van der Waals surface area (Å²) in [4.78, 5) is 6.32. The van der Waals surface area contributed by atoms with Crippen LogP contribution in [0.3, 0.4) is 0 Å². The molecule has 1 aliphatic heterocycles. The second kappa shape index (κ2) is 5.97. The lowest BCUT2D eigenvalue weighted by atomic mass is 9.89. The largest absolute Gasteiger partial charge is 0.375 e. The Bertz CT molecular complexity index is 1040. The fourth-order valence-corrected chi connectivity index (χ4v) is 6.29. The summed E-state index contributed by atoms with van der Waals surface area (Å²) in [5, 5.41) is 4.44. The first-order valence-corrected chi connectivity index (χ1v) is 10.7. The summed E-state index contributed by atoms with van der Waals surface area (Å²) in [6.07, 6.45) is 0. The molecule has 0 fully saturated rings. The van der Waals surface area contributed by atoms with Gasteiger partial charge in [0.2, 0.25) is 0 Å². The van der Waals surface area contributed by atoms with Gasteiger partial charge in [0.1, 0.15) is 4.67 Å². The van der Waals surface area contributed by atoms with Gasteiger partial charge < -0.3 is 5.32 Å². The SMILES string of the molecule is Cc1ccc2c(c1)NC(C)(C)c1ssc(=Nc3cccc(Cl)c3C)c1-2. The minimum absolute atomic E-state index is 0.103. The summed E-state index contributed by atoms with van der Waals surface area (Å²) < 4.78 is 1.06. The lowest BCUT2D eigenvalue weighted by Gasteiger charge is -2.33. The third kappa shape index (κ3) is 2.82. The highest BCUT2D eigenvalue weighted by Crippen LogP contribution is 2.45. The first kappa shape index (κ1) is 16.8. The van der Waals surface area contributed by atoms with Gasteiger partial charge in [-0.1, -0.05) is 50.5 Å². The van der Waals surface area contributed by atoms with E-state index in [2.05, 4.69) is 44.3 Å². The zero-order valence-electron chi connectivity index (χ0n) is 14.6. The first-order chi connectivity index (χ1) is 11.9. The van der Waals surface area contributed by atoms with Crippen molar-refractivity contribution in [3.05, 3.63) is 62.1 Å². The molecule has 0 bridgehead atoms. The standard InChI is InChI=1S/C20H19ClN2S2/c1-11-8-9-13-16(10-11)23-20(3,4)18-17(13)19(25-24-18)22-15-7-5-6-14(21)12(15)2/h5-10,23H,1-4H3. The smallest absolute Gasteiger partial charge is 0.135 e. The average molecular weight is 387 g/mol. The highest BCUT2D eigenvalue weighted by atomic mass is 35.5. The molecule has 0 saturated carbocycles. The van der Waals surface area contributed by atoms with E-state index in [1.165, 1.54) is 27.3 Å². The number of rotatable bonds is 1. The van der Waals surface area contributed by atoms with Crippen LogP contribution in [-0.2, 0) is 5.54 Å². The maximum absolute atomic E-state index is 6.28. The molecular formula is C20H19ClN2S2. The van der Waals surface area contributed by atoms with Gasteiger partial charge in [0.25, 0.3) is 0 Å². The number of aryl methyl sites for hydroxylation is 1. The van der Waals surface area contributed by atoms with E-state index in [9.17, 15) is 0 Å². The molecule has 0 unspecified atom stereocenters. The molecule has 1 aliphatic rings. The third-order valence-electron chi connectivity index (χ3n) is 4.57. The van der Waals surface area contributed by atoms with Crippen LogP contribution >= 0.6 is 32.3 Å². The lowest BCUT2D eigenvalue weighted by Crippen LogP contribution is -2.31. The molecule has 3 aromatic rings. The monoisotopic (exact) mass is 386 g/mol. The maximum atomic E-state index is 6.28. The molecule has 0 aliphatic carbocycles. The Hall–Kier alpha value is -1.62. The molecule has 0 saturated heterocycles. The molecule has 25 heavy (non-hydrogen) atoms. The fourth-order valence-electron chi connectivity index (χ4n) is 3.19. The van der Waals surface area contributed by atoms with Crippen molar-refractivity contribution in [1.29, 1.82) is 0 Å². The Morgan fingerprint density at radius 2 is 1.88 bits per heavy atom. The summed E-state index contributed by atoms with van der Waals surface area (Å²) in [5.74, 6) is 0. The van der Waals surface area contributed by atoms with Gasteiger partial charge in [0, 0.05) is 21.8 Å². The van der Waals surface area contributed by atoms with E-state index in [0.717, 1.165) is 20.9 Å². The lowest BCUT2D eigenvalue weighted by molar-refractivity contribution is 0.619. The zero-order chi connectivity index (χ0) is 17.8. The molecule has 0 amide bonds. The molecule has 1 aromatic heterocycles. The molecule has 5 heteroatoms. The number of nitrogens with zero attached hydrogens (tertiary/aromatic N) is 1. The second-order valence-corrected chi connectivity index (χ2v) is 9.51. The number of hydrogen-bond donors (Lipinski definition) is 1. The number of halogens is 1. The van der Waals surface area contributed by atoms with E-state index < -0.39 is 0 Å². The fraction of sp³-hybridized carbons (Fsp3) is 0.250. The summed E-state index contributed by atoms with van der Waals surface area (Å²) in [7, 11) is 3.55. The van der Waals surface area contributed by atoms with E-state index in [1.807, 2.05) is 35.5 Å². The molecule has 128 valence electrons. The van der Waals surface area contributed by atoms with Crippen molar-refractivity contribution in [3.63, 3.8) is 0 Å². The Morgan fingerprint density at radius 1 is 1.08 bits per heavy atom. The van der Waals surface area contributed by atoms with Crippen LogP contribution in [0.25, 0.3) is 11.1 Å². The van der Waals surface area contributed by atoms with Gasteiger partial charge >= 0.3 is 0 Å². The zero-order valence-corrected chi connectivity index (χ0v) is 17.0. The quantitative estimate of drug-likeness (QED) is 0.465. The number of hydrogen-bond acceptors (Lipinski definition) is 4. The van der Waals surface area contributed by atoms with Crippen molar-refractivity contribution in [2.45, 2.75) is 33.2 Å². The predicted molar refractivity (Wildman–Crippen MR) is 110 cm³/mol. The summed E-state index contributed by atoms with van der Waals surface area (Å²) in [6, 6.07) is 12.5.